The van der Waals surface area contributed by atoms with E-state index in [9.17, 15) is 9.59 Å². The highest BCUT2D eigenvalue weighted by atomic mass is 16.5. The number of amides is 2. The molecule has 1 atom stereocenters. The smallest absolute Gasteiger partial charge is 0.257 e. The van der Waals surface area contributed by atoms with E-state index in [0.717, 1.165) is 55.8 Å². The lowest BCUT2D eigenvalue weighted by atomic mass is 10.0. The number of ether oxygens (including phenoxy) is 1. The average molecular weight is 422 g/mol. The van der Waals surface area contributed by atoms with Crippen molar-refractivity contribution < 1.29 is 14.3 Å². The van der Waals surface area contributed by atoms with Crippen LogP contribution in [0.4, 0.5) is 5.69 Å². The molecule has 6 nitrogen and oxygen atoms in total. The monoisotopic (exact) mass is 421 g/mol. The predicted octanol–water partition coefficient (Wildman–Crippen LogP) is 4.20. The summed E-state index contributed by atoms with van der Waals surface area (Å²) >= 11 is 0. The minimum atomic E-state index is -0.142. The molecule has 2 aliphatic rings. The minimum Gasteiger partial charge on any atom is -0.494 e. The summed E-state index contributed by atoms with van der Waals surface area (Å²) in [6.45, 7) is 6.70. The lowest BCUT2D eigenvalue weighted by Crippen LogP contribution is -2.55. The summed E-state index contributed by atoms with van der Waals surface area (Å²) < 4.78 is 5.53. The molecule has 0 bridgehead atoms. The molecule has 4 rings (SSSR count). The quantitative estimate of drug-likeness (QED) is 0.759. The third-order valence-corrected chi connectivity index (χ3v) is 6.14. The number of carbonyl (C=O) groups excluding carboxylic acids is 2. The highest BCUT2D eigenvalue weighted by molar-refractivity contribution is 6.04. The van der Waals surface area contributed by atoms with Crippen molar-refractivity contribution in [3.63, 3.8) is 0 Å². The number of hydrogen-bond acceptors (Lipinski definition) is 4. The Morgan fingerprint density at radius 2 is 2.00 bits per heavy atom. The Labute approximate surface area is 184 Å². The van der Waals surface area contributed by atoms with Gasteiger partial charge in [-0.1, -0.05) is 18.6 Å². The van der Waals surface area contributed by atoms with Crippen LogP contribution in [0.5, 0.6) is 5.75 Å². The highest BCUT2D eigenvalue weighted by Gasteiger charge is 2.37. The highest BCUT2D eigenvalue weighted by Crippen LogP contribution is 2.35. The molecule has 2 heterocycles. The van der Waals surface area contributed by atoms with Crippen molar-refractivity contribution >= 4 is 17.5 Å². The van der Waals surface area contributed by atoms with Gasteiger partial charge < -0.3 is 19.9 Å². The average Bonchev–Trinajstić information content (AvgIpc) is 3.04. The van der Waals surface area contributed by atoms with Crippen LogP contribution in [0.15, 0.2) is 42.5 Å². The van der Waals surface area contributed by atoms with Crippen LogP contribution in [0.1, 0.15) is 65.8 Å². The van der Waals surface area contributed by atoms with E-state index in [2.05, 4.69) is 17.1 Å². The molecule has 31 heavy (non-hydrogen) atoms. The number of nitrogens with zero attached hydrogens (tertiary/aromatic N) is 2. The third kappa shape index (κ3) is 4.38. The molecule has 1 N–H and O–H groups in total. The van der Waals surface area contributed by atoms with Gasteiger partial charge in [-0.25, -0.2) is 0 Å². The molecule has 164 valence electrons. The van der Waals surface area contributed by atoms with Crippen LogP contribution in [-0.4, -0.2) is 42.6 Å². The Bertz CT molecular complexity index is 959. The molecule has 0 unspecified atom stereocenters. The fourth-order valence-electron chi connectivity index (χ4n) is 4.64. The topological polar surface area (TPSA) is 61.9 Å². The summed E-state index contributed by atoms with van der Waals surface area (Å²) in [6, 6.07) is 13.2. The molecule has 0 aliphatic carbocycles. The van der Waals surface area contributed by atoms with Crippen molar-refractivity contribution in [2.45, 2.75) is 52.2 Å². The van der Waals surface area contributed by atoms with Crippen molar-refractivity contribution in [1.29, 1.82) is 0 Å². The van der Waals surface area contributed by atoms with E-state index in [1.54, 1.807) is 6.07 Å². The van der Waals surface area contributed by atoms with Gasteiger partial charge in [-0.3, -0.25) is 9.59 Å². The van der Waals surface area contributed by atoms with Crippen LogP contribution in [0.2, 0.25) is 0 Å². The van der Waals surface area contributed by atoms with Crippen LogP contribution in [0, 0.1) is 0 Å². The second-order valence-corrected chi connectivity index (χ2v) is 8.11. The first-order valence-corrected chi connectivity index (χ1v) is 11.3. The summed E-state index contributed by atoms with van der Waals surface area (Å²) in [4.78, 5) is 30.3. The Kier molecular flexibility index (Phi) is 6.44. The van der Waals surface area contributed by atoms with E-state index in [1.165, 1.54) is 0 Å². The van der Waals surface area contributed by atoms with Crippen LogP contribution in [-0.2, 0) is 6.54 Å². The molecule has 2 aliphatic heterocycles. The number of rotatable bonds is 6. The SMILES string of the molecule is CCOc1cccc(CNC(=O)c2ccc3c(c2)N(CC)[C@H]2CCCCCN2C3=O)c1. The van der Waals surface area contributed by atoms with Gasteiger partial charge in [0.15, 0.2) is 0 Å². The molecule has 2 aromatic carbocycles. The fraction of sp³-hybridized carbons (Fsp3) is 0.440. The Balaban J connectivity index is 1.53. The van der Waals surface area contributed by atoms with Gasteiger partial charge in [-0.05, 0) is 69.0 Å². The number of nitrogens with one attached hydrogen (secondary N) is 1. The summed E-state index contributed by atoms with van der Waals surface area (Å²) in [6.07, 6.45) is 4.41. The van der Waals surface area contributed by atoms with Crippen molar-refractivity contribution in [3.8, 4) is 5.75 Å². The molecular formula is C25H31N3O3. The Hall–Kier alpha value is -3.02. The molecule has 0 saturated carbocycles. The summed E-state index contributed by atoms with van der Waals surface area (Å²) in [7, 11) is 0. The minimum absolute atomic E-state index is 0.0892. The van der Waals surface area contributed by atoms with Gasteiger partial charge in [-0.15, -0.1) is 0 Å². The second-order valence-electron chi connectivity index (χ2n) is 8.11. The lowest BCUT2D eigenvalue weighted by Gasteiger charge is -2.44. The van der Waals surface area contributed by atoms with Crippen LogP contribution in [0.25, 0.3) is 0 Å². The van der Waals surface area contributed by atoms with Crippen LogP contribution in [0.3, 0.4) is 0 Å². The largest absolute Gasteiger partial charge is 0.494 e. The molecular weight excluding hydrogens is 390 g/mol. The third-order valence-electron chi connectivity index (χ3n) is 6.14. The molecule has 1 fully saturated rings. The molecule has 0 radical (unpaired) electrons. The van der Waals surface area contributed by atoms with E-state index in [1.807, 2.05) is 48.2 Å². The van der Waals surface area contributed by atoms with Gasteiger partial charge in [0.1, 0.15) is 11.9 Å². The molecule has 0 spiro atoms. The molecule has 2 aromatic rings. The number of hydrogen-bond donors (Lipinski definition) is 1. The van der Waals surface area contributed by atoms with Gasteiger partial charge in [0.25, 0.3) is 11.8 Å². The van der Waals surface area contributed by atoms with Crippen LogP contribution < -0.4 is 15.0 Å². The normalized spacial score (nSPS) is 18.1. The zero-order chi connectivity index (χ0) is 21.8. The first kappa shape index (κ1) is 21.2. The van der Waals surface area contributed by atoms with Gasteiger partial charge in [0, 0.05) is 25.2 Å². The molecule has 2 amide bonds. The van der Waals surface area contributed by atoms with Crippen molar-refractivity contribution in [1.82, 2.24) is 10.2 Å². The van der Waals surface area contributed by atoms with E-state index < -0.39 is 0 Å². The summed E-state index contributed by atoms with van der Waals surface area (Å²) in [5.41, 5.74) is 3.13. The van der Waals surface area contributed by atoms with Gasteiger partial charge in [0.05, 0.1) is 17.9 Å². The number of carbonyl (C=O) groups is 2. The summed E-state index contributed by atoms with van der Waals surface area (Å²) in [5.74, 6) is 0.746. The van der Waals surface area contributed by atoms with Gasteiger partial charge >= 0.3 is 0 Å². The molecule has 0 aromatic heterocycles. The number of fused-ring (bicyclic) bond motifs is 2. The lowest BCUT2D eigenvalue weighted by molar-refractivity contribution is 0.0656. The first-order chi connectivity index (χ1) is 15.1. The van der Waals surface area contributed by atoms with E-state index in [-0.39, 0.29) is 18.0 Å². The zero-order valence-corrected chi connectivity index (χ0v) is 18.4. The first-order valence-electron chi connectivity index (χ1n) is 11.3. The number of anilines is 1. The Morgan fingerprint density at radius 3 is 2.81 bits per heavy atom. The van der Waals surface area contributed by atoms with Crippen molar-refractivity contribution in [3.05, 3.63) is 59.2 Å². The van der Waals surface area contributed by atoms with Crippen LogP contribution >= 0.6 is 0 Å². The molecule has 1 saturated heterocycles. The second kappa shape index (κ2) is 9.41. The van der Waals surface area contributed by atoms with Crippen molar-refractivity contribution in [2.24, 2.45) is 0 Å². The summed E-state index contributed by atoms with van der Waals surface area (Å²) in [5, 5.41) is 2.99. The maximum atomic E-state index is 13.1. The standard InChI is InChI=1S/C25H31N3O3/c1-3-27-22-16-19(24(29)26-17-18-9-8-10-20(15-18)31-4-2)12-13-21(22)25(30)28-14-7-5-6-11-23(27)28/h8-10,12-13,15-16,23H,3-7,11,14,17H2,1-2H3,(H,26,29)/t23-/m1/s1. The van der Waals surface area contributed by atoms with E-state index >= 15 is 0 Å². The van der Waals surface area contributed by atoms with E-state index in [0.29, 0.717) is 24.3 Å². The fourth-order valence-corrected chi connectivity index (χ4v) is 4.64. The maximum absolute atomic E-state index is 13.1. The van der Waals surface area contributed by atoms with Gasteiger partial charge in [0.2, 0.25) is 0 Å². The van der Waals surface area contributed by atoms with Crippen molar-refractivity contribution in [2.75, 3.05) is 24.6 Å². The van der Waals surface area contributed by atoms with E-state index in [4.69, 9.17) is 4.74 Å². The molecule has 6 heteroatoms. The number of benzene rings is 2. The Morgan fingerprint density at radius 1 is 1.13 bits per heavy atom. The zero-order valence-electron chi connectivity index (χ0n) is 18.4. The predicted molar refractivity (Wildman–Crippen MR) is 122 cm³/mol. The maximum Gasteiger partial charge on any atom is 0.257 e. The van der Waals surface area contributed by atoms with Gasteiger partial charge in [-0.2, -0.15) is 0 Å².